The van der Waals surface area contributed by atoms with Gasteiger partial charge in [-0.2, -0.15) is 0 Å². The number of carbonyl (C=O) groups is 2. The molecule has 160 valence electrons. The van der Waals surface area contributed by atoms with Crippen LogP contribution in [0, 0.1) is 0 Å². The molecule has 2 aromatic carbocycles. The van der Waals surface area contributed by atoms with Crippen molar-refractivity contribution in [2.24, 2.45) is 0 Å². The molecule has 0 aliphatic rings. The van der Waals surface area contributed by atoms with Gasteiger partial charge in [-0.15, -0.1) is 0 Å². The molecule has 0 bridgehead atoms. The number of esters is 1. The third-order valence-corrected chi connectivity index (χ3v) is 4.35. The van der Waals surface area contributed by atoms with Gasteiger partial charge in [0.15, 0.2) is 0 Å². The van der Waals surface area contributed by atoms with Crippen LogP contribution in [0.2, 0.25) is 0 Å². The molecule has 1 aromatic heterocycles. The van der Waals surface area contributed by atoms with E-state index in [-0.39, 0.29) is 25.6 Å². The topological polar surface area (TPSA) is 99.5 Å². The molecule has 0 spiro atoms. The van der Waals surface area contributed by atoms with Crippen LogP contribution >= 0.6 is 0 Å². The van der Waals surface area contributed by atoms with Crippen molar-refractivity contribution in [1.82, 2.24) is 14.9 Å². The summed E-state index contributed by atoms with van der Waals surface area (Å²) >= 11 is 0. The maximum Gasteiger partial charge on any atom is 0.330 e. The number of ether oxygens (including phenoxy) is 2. The summed E-state index contributed by atoms with van der Waals surface area (Å²) in [7, 11) is 0. The fourth-order valence-electron chi connectivity index (χ4n) is 2.81. The van der Waals surface area contributed by atoms with Crippen molar-refractivity contribution in [2.75, 3.05) is 0 Å². The quantitative estimate of drug-likeness (QED) is 0.531. The van der Waals surface area contributed by atoms with Crippen molar-refractivity contribution in [1.29, 1.82) is 0 Å². The summed E-state index contributed by atoms with van der Waals surface area (Å²) in [4.78, 5) is 40.6. The van der Waals surface area contributed by atoms with Crippen LogP contribution in [-0.4, -0.2) is 27.5 Å². The molecule has 0 unspecified atom stereocenters. The molecule has 1 atom stereocenters. The molecule has 1 heterocycles. The van der Waals surface area contributed by atoms with E-state index in [0.717, 1.165) is 11.1 Å². The number of benzene rings is 2. The molecule has 3 aromatic rings. The Labute approximate surface area is 179 Å². The van der Waals surface area contributed by atoms with Crippen molar-refractivity contribution in [3.8, 4) is 5.88 Å². The van der Waals surface area contributed by atoms with Crippen molar-refractivity contribution in [3.63, 3.8) is 0 Å². The van der Waals surface area contributed by atoms with Gasteiger partial charge in [0.2, 0.25) is 11.8 Å². The Bertz CT molecular complexity index is 1070. The summed E-state index contributed by atoms with van der Waals surface area (Å²) in [5.74, 6) is -0.881. The van der Waals surface area contributed by atoms with Gasteiger partial charge in [-0.3, -0.25) is 14.2 Å². The summed E-state index contributed by atoms with van der Waals surface area (Å²) in [6.07, 6.45) is 1.28. The Balaban J connectivity index is 1.63. The Hall–Kier alpha value is -3.94. The van der Waals surface area contributed by atoms with E-state index in [1.54, 1.807) is 0 Å². The van der Waals surface area contributed by atoms with E-state index < -0.39 is 23.5 Å². The lowest BCUT2D eigenvalue weighted by atomic mass is 10.2. The van der Waals surface area contributed by atoms with Gasteiger partial charge in [0.25, 0.3) is 5.56 Å². The molecule has 0 aliphatic heterocycles. The van der Waals surface area contributed by atoms with E-state index >= 15 is 0 Å². The molecule has 8 nitrogen and oxygen atoms in total. The Morgan fingerprint density at radius 2 is 1.61 bits per heavy atom. The monoisotopic (exact) mass is 421 g/mol. The fraction of sp³-hybridized carbons (Fsp3) is 0.217. The van der Waals surface area contributed by atoms with Crippen LogP contribution in [0.15, 0.2) is 77.9 Å². The van der Waals surface area contributed by atoms with Gasteiger partial charge >= 0.3 is 5.97 Å². The van der Waals surface area contributed by atoms with Crippen molar-refractivity contribution >= 4 is 11.9 Å². The minimum absolute atomic E-state index is 0.0647. The molecule has 0 saturated heterocycles. The molecule has 1 amide bonds. The lowest BCUT2D eigenvalue weighted by Gasteiger charge is -2.18. The zero-order chi connectivity index (χ0) is 22.1. The van der Waals surface area contributed by atoms with Gasteiger partial charge in [0, 0.05) is 6.92 Å². The van der Waals surface area contributed by atoms with Gasteiger partial charge < -0.3 is 14.8 Å². The highest BCUT2D eigenvalue weighted by Gasteiger charge is 2.22. The Morgan fingerprint density at radius 1 is 1.00 bits per heavy atom. The molecule has 0 saturated carbocycles. The molecule has 8 heteroatoms. The average Bonchev–Trinajstić information content (AvgIpc) is 2.78. The zero-order valence-electron chi connectivity index (χ0n) is 17.1. The third kappa shape index (κ3) is 6.81. The molecule has 0 fully saturated rings. The summed E-state index contributed by atoms with van der Waals surface area (Å²) in [5, 5.41) is 2.52. The number of hydrogen-bond donors (Lipinski definition) is 1. The van der Waals surface area contributed by atoms with E-state index in [9.17, 15) is 14.4 Å². The van der Waals surface area contributed by atoms with E-state index in [1.807, 2.05) is 60.7 Å². The highest BCUT2D eigenvalue weighted by atomic mass is 16.5. The third-order valence-electron chi connectivity index (χ3n) is 4.35. The Morgan fingerprint density at radius 3 is 2.19 bits per heavy atom. The van der Waals surface area contributed by atoms with Crippen LogP contribution < -0.4 is 15.6 Å². The highest BCUT2D eigenvalue weighted by molar-refractivity contribution is 5.83. The molecule has 1 N–H and O–H groups in total. The summed E-state index contributed by atoms with van der Waals surface area (Å²) in [6, 6.07) is 18.9. The van der Waals surface area contributed by atoms with Crippen LogP contribution in [0.25, 0.3) is 0 Å². The van der Waals surface area contributed by atoms with Gasteiger partial charge in [-0.05, 0) is 11.1 Å². The van der Waals surface area contributed by atoms with Gasteiger partial charge in [-0.1, -0.05) is 60.7 Å². The van der Waals surface area contributed by atoms with Crippen molar-refractivity contribution < 1.29 is 19.1 Å². The number of carbonyl (C=O) groups excluding carboxylic acids is 2. The predicted octanol–water partition coefficient (Wildman–Crippen LogP) is 2.07. The first-order valence-electron chi connectivity index (χ1n) is 9.72. The van der Waals surface area contributed by atoms with E-state index in [0.29, 0.717) is 0 Å². The lowest BCUT2D eigenvalue weighted by Crippen LogP contribution is -2.45. The Kier molecular flexibility index (Phi) is 7.53. The smallest absolute Gasteiger partial charge is 0.330 e. The first kappa shape index (κ1) is 21.8. The number of rotatable bonds is 9. The molecule has 0 aliphatic carbocycles. The summed E-state index contributed by atoms with van der Waals surface area (Å²) in [6.45, 7) is 1.52. The normalized spacial score (nSPS) is 11.4. The van der Waals surface area contributed by atoms with Crippen LogP contribution in [0.5, 0.6) is 5.88 Å². The molecular formula is C23H23N3O5. The minimum atomic E-state index is -1.03. The lowest BCUT2D eigenvalue weighted by molar-refractivity contribution is -0.149. The number of aromatic nitrogens is 2. The minimum Gasteiger partial charge on any atom is -0.473 e. The standard InChI is InChI=1S/C23H23N3O5/c1-17(27)25-20(23(29)31-15-19-10-6-3-7-11-19)13-26-16-24-21(12-22(26)28)30-14-18-8-4-2-5-9-18/h2-12,16,20H,13-15H2,1H3,(H,25,27)/t20-/m0/s1. The predicted molar refractivity (Wildman–Crippen MR) is 113 cm³/mol. The SMILES string of the molecule is CC(=O)N[C@@H](Cn1cnc(OCc2ccccc2)cc1=O)C(=O)OCc1ccccc1. The second-order valence-corrected chi connectivity index (χ2v) is 6.84. The van der Waals surface area contributed by atoms with Gasteiger partial charge in [0.05, 0.1) is 12.6 Å². The van der Waals surface area contributed by atoms with Crippen molar-refractivity contribution in [2.45, 2.75) is 32.7 Å². The first-order chi connectivity index (χ1) is 15.0. The second kappa shape index (κ2) is 10.7. The van der Waals surface area contributed by atoms with Gasteiger partial charge in [0.1, 0.15) is 25.6 Å². The van der Waals surface area contributed by atoms with Crippen LogP contribution in [-0.2, 0) is 34.1 Å². The molecule has 3 rings (SSSR count). The van der Waals surface area contributed by atoms with E-state index in [4.69, 9.17) is 9.47 Å². The number of hydrogen-bond acceptors (Lipinski definition) is 6. The van der Waals surface area contributed by atoms with Gasteiger partial charge in [-0.25, -0.2) is 9.78 Å². The van der Waals surface area contributed by atoms with Crippen LogP contribution in [0.3, 0.4) is 0 Å². The van der Waals surface area contributed by atoms with E-state index in [2.05, 4.69) is 10.3 Å². The summed E-state index contributed by atoms with van der Waals surface area (Å²) < 4.78 is 12.1. The second-order valence-electron chi connectivity index (χ2n) is 6.84. The fourth-order valence-corrected chi connectivity index (χ4v) is 2.81. The van der Waals surface area contributed by atoms with Crippen LogP contribution in [0.4, 0.5) is 0 Å². The molecular weight excluding hydrogens is 398 g/mol. The summed E-state index contributed by atoms with van der Waals surface area (Å²) in [5.41, 5.74) is 1.35. The molecule has 31 heavy (non-hydrogen) atoms. The number of nitrogens with one attached hydrogen (secondary N) is 1. The number of amides is 1. The zero-order valence-corrected chi connectivity index (χ0v) is 17.1. The molecule has 0 radical (unpaired) electrons. The van der Waals surface area contributed by atoms with Crippen LogP contribution in [0.1, 0.15) is 18.1 Å². The maximum absolute atomic E-state index is 12.5. The largest absolute Gasteiger partial charge is 0.473 e. The first-order valence-corrected chi connectivity index (χ1v) is 9.72. The number of nitrogens with zero attached hydrogens (tertiary/aromatic N) is 2. The average molecular weight is 421 g/mol. The highest BCUT2D eigenvalue weighted by Crippen LogP contribution is 2.07. The van der Waals surface area contributed by atoms with Crippen molar-refractivity contribution in [3.05, 3.63) is 94.5 Å². The van der Waals surface area contributed by atoms with E-state index in [1.165, 1.54) is 23.9 Å². The maximum atomic E-state index is 12.5.